The second-order valence-electron chi connectivity index (χ2n) is 8.56. The summed E-state index contributed by atoms with van der Waals surface area (Å²) in [6.07, 6.45) is 4.26. The number of sulfone groups is 1. The minimum Gasteiger partial charge on any atom is -0.464 e. The molecule has 2 saturated carbocycles. The fourth-order valence-electron chi connectivity index (χ4n) is 3.86. The van der Waals surface area contributed by atoms with Crippen molar-refractivity contribution in [2.45, 2.75) is 57.5 Å². The molecule has 1 amide bonds. The maximum atomic E-state index is 12.8. The van der Waals surface area contributed by atoms with Crippen LogP contribution in [-0.2, 0) is 27.6 Å². The highest BCUT2D eigenvalue weighted by molar-refractivity contribution is 7.92. The maximum Gasteiger partial charge on any atom is 0.238 e. The van der Waals surface area contributed by atoms with Gasteiger partial charge in [0.05, 0.1) is 12.3 Å². The van der Waals surface area contributed by atoms with E-state index >= 15 is 0 Å². The van der Waals surface area contributed by atoms with Gasteiger partial charge in [0.1, 0.15) is 17.3 Å². The Hall–Kier alpha value is -2.08. The van der Waals surface area contributed by atoms with Crippen molar-refractivity contribution < 1.29 is 17.6 Å². The third-order valence-corrected chi connectivity index (χ3v) is 7.50. The number of furan rings is 1. The molecule has 0 bridgehead atoms. The molecule has 29 heavy (non-hydrogen) atoms. The third-order valence-electron chi connectivity index (χ3n) is 5.90. The number of aryl methyl sites for hydroxylation is 1. The standard InChI is InChI=1S/C23H29NO4S/c1-17-14-21(17)22-12-11-20(28-22)15-24(19-9-10-19)23(25)16-29(26,27)13-5-8-18-6-3-2-4-7-18/h2-4,6-7,11-12,17,19,21H,5,8-10,13-16H2,1H3. The number of benzene rings is 1. The number of carbonyl (C=O) groups is 1. The normalized spacial score (nSPS) is 21.1. The van der Waals surface area contributed by atoms with Crippen LogP contribution in [0, 0.1) is 5.92 Å². The van der Waals surface area contributed by atoms with Crippen molar-refractivity contribution in [3.63, 3.8) is 0 Å². The van der Waals surface area contributed by atoms with Gasteiger partial charge in [-0.25, -0.2) is 8.42 Å². The van der Waals surface area contributed by atoms with Crippen molar-refractivity contribution in [1.29, 1.82) is 0 Å². The first-order valence-corrected chi connectivity index (χ1v) is 12.4. The molecule has 0 N–H and O–H groups in total. The first kappa shape index (κ1) is 20.2. The van der Waals surface area contributed by atoms with Crippen LogP contribution in [0.25, 0.3) is 0 Å². The molecule has 2 atom stereocenters. The summed E-state index contributed by atoms with van der Waals surface area (Å²) in [4.78, 5) is 14.5. The molecular formula is C23H29NO4S. The average molecular weight is 416 g/mol. The van der Waals surface area contributed by atoms with E-state index in [9.17, 15) is 13.2 Å². The molecule has 2 aliphatic rings. The summed E-state index contributed by atoms with van der Waals surface area (Å²) in [5.74, 6) is 2.23. The molecule has 2 aliphatic carbocycles. The first-order valence-electron chi connectivity index (χ1n) is 10.5. The maximum absolute atomic E-state index is 12.8. The Bertz CT molecular complexity index is 946. The quantitative estimate of drug-likeness (QED) is 0.589. The van der Waals surface area contributed by atoms with Crippen molar-refractivity contribution in [2.75, 3.05) is 11.5 Å². The van der Waals surface area contributed by atoms with Crippen LogP contribution < -0.4 is 0 Å². The summed E-state index contributed by atoms with van der Waals surface area (Å²) in [6.45, 7) is 2.57. The van der Waals surface area contributed by atoms with Crippen LogP contribution >= 0.6 is 0 Å². The number of rotatable bonds is 10. The molecule has 5 nitrogen and oxygen atoms in total. The second kappa shape index (κ2) is 8.34. The summed E-state index contributed by atoms with van der Waals surface area (Å²) in [6, 6.07) is 13.9. The molecular weight excluding hydrogens is 386 g/mol. The molecule has 0 spiro atoms. The zero-order chi connectivity index (χ0) is 20.4. The van der Waals surface area contributed by atoms with Crippen molar-refractivity contribution >= 4 is 15.7 Å². The van der Waals surface area contributed by atoms with Crippen LogP contribution in [0.1, 0.15) is 55.6 Å². The SMILES string of the molecule is CC1CC1c1ccc(CN(C(=O)CS(=O)(=O)CCCc2ccccc2)C2CC2)o1. The summed E-state index contributed by atoms with van der Waals surface area (Å²) < 4.78 is 30.9. The zero-order valence-electron chi connectivity index (χ0n) is 16.9. The van der Waals surface area contributed by atoms with Crippen LogP contribution in [0.3, 0.4) is 0 Å². The second-order valence-corrected chi connectivity index (χ2v) is 10.7. The molecule has 0 radical (unpaired) electrons. The molecule has 1 aromatic heterocycles. The Morgan fingerprint density at radius 2 is 1.86 bits per heavy atom. The zero-order valence-corrected chi connectivity index (χ0v) is 17.7. The highest BCUT2D eigenvalue weighted by atomic mass is 32.2. The molecule has 156 valence electrons. The lowest BCUT2D eigenvalue weighted by atomic mass is 10.1. The van der Waals surface area contributed by atoms with E-state index in [1.807, 2.05) is 42.5 Å². The van der Waals surface area contributed by atoms with Crippen LogP contribution in [0.15, 0.2) is 46.9 Å². The van der Waals surface area contributed by atoms with E-state index in [-0.39, 0.29) is 17.7 Å². The highest BCUT2D eigenvalue weighted by Gasteiger charge is 2.38. The molecule has 6 heteroatoms. The van der Waals surface area contributed by atoms with E-state index in [0.29, 0.717) is 31.2 Å². The van der Waals surface area contributed by atoms with Gasteiger partial charge in [0.25, 0.3) is 0 Å². The Kier molecular flexibility index (Phi) is 5.81. The average Bonchev–Trinajstić information content (AvgIpc) is 3.60. The van der Waals surface area contributed by atoms with Gasteiger partial charge >= 0.3 is 0 Å². The molecule has 0 aliphatic heterocycles. The largest absolute Gasteiger partial charge is 0.464 e. The van der Waals surface area contributed by atoms with Gasteiger partial charge in [0, 0.05) is 12.0 Å². The van der Waals surface area contributed by atoms with Crippen LogP contribution in [0.2, 0.25) is 0 Å². The predicted molar refractivity (Wildman–Crippen MR) is 112 cm³/mol. The summed E-state index contributed by atoms with van der Waals surface area (Å²) in [7, 11) is -3.42. The van der Waals surface area contributed by atoms with Gasteiger partial charge in [0.2, 0.25) is 5.91 Å². The van der Waals surface area contributed by atoms with E-state index in [2.05, 4.69) is 6.92 Å². The summed E-state index contributed by atoms with van der Waals surface area (Å²) in [5.41, 5.74) is 1.12. The number of carbonyl (C=O) groups excluding carboxylic acids is 1. The number of hydrogen-bond donors (Lipinski definition) is 0. The topological polar surface area (TPSA) is 67.6 Å². The van der Waals surface area contributed by atoms with Crippen molar-refractivity contribution in [3.05, 3.63) is 59.5 Å². The van der Waals surface area contributed by atoms with Crippen LogP contribution in [0.5, 0.6) is 0 Å². The van der Waals surface area contributed by atoms with E-state index < -0.39 is 15.6 Å². The Morgan fingerprint density at radius 1 is 1.14 bits per heavy atom. The Morgan fingerprint density at radius 3 is 2.52 bits per heavy atom. The predicted octanol–water partition coefficient (Wildman–Crippen LogP) is 3.94. The molecule has 2 unspecified atom stereocenters. The van der Waals surface area contributed by atoms with Gasteiger partial charge < -0.3 is 9.32 Å². The lowest BCUT2D eigenvalue weighted by molar-refractivity contribution is -0.129. The van der Waals surface area contributed by atoms with E-state index in [4.69, 9.17) is 4.42 Å². The highest BCUT2D eigenvalue weighted by Crippen LogP contribution is 2.47. The fraction of sp³-hybridized carbons (Fsp3) is 0.522. The molecule has 0 saturated heterocycles. The summed E-state index contributed by atoms with van der Waals surface area (Å²) >= 11 is 0. The molecule has 1 heterocycles. The van der Waals surface area contributed by atoms with Crippen LogP contribution in [0.4, 0.5) is 0 Å². The third kappa shape index (κ3) is 5.50. The fourth-order valence-corrected chi connectivity index (χ4v) is 5.13. The lowest BCUT2D eigenvalue weighted by Crippen LogP contribution is -2.37. The molecule has 2 fully saturated rings. The molecule has 2 aromatic rings. The van der Waals surface area contributed by atoms with Gasteiger partial charge in [-0.2, -0.15) is 0 Å². The monoisotopic (exact) mass is 415 g/mol. The smallest absolute Gasteiger partial charge is 0.238 e. The minimum absolute atomic E-state index is 0.0383. The van der Waals surface area contributed by atoms with Gasteiger partial charge in [0.15, 0.2) is 9.84 Å². The van der Waals surface area contributed by atoms with E-state index in [0.717, 1.165) is 36.3 Å². The van der Waals surface area contributed by atoms with Crippen LogP contribution in [-0.4, -0.2) is 36.8 Å². The van der Waals surface area contributed by atoms with Gasteiger partial charge in [-0.1, -0.05) is 37.3 Å². The first-order chi connectivity index (χ1) is 13.9. The minimum atomic E-state index is -3.42. The molecule has 1 aromatic carbocycles. The Labute approximate surface area is 173 Å². The van der Waals surface area contributed by atoms with E-state index in [1.54, 1.807) is 4.90 Å². The van der Waals surface area contributed by atoms with Gasteiger partial charge in [-0.15, -0.1) is 0 Å². The number of hydrogen-bond acceptors (Lipinski definition) is 4. The van der Waals surface area contributed by atoms with Crippen molar-refractivity contribution in [2.24, 2.45) is 5.92 Å². The van der Waals surface area contributed by atoms with E-state index in [1.165, 1.54) is 0 Å². The number of amides is 1. The van der Waals surface area contributed by atoms with Gasteiger partial charge in [-0.3, -0.25) is 4.79 Å². The Balaban J connectivity index is 1.31. The van der Waals surface area contributed by atoms with Crippen molar-refractivity contribution in [3.8, 4) is 0 Å². The lowest BCUT2D eigenvalue weighted by Gasteiger charge is -2.21. The number of nitrogens with zero attached hydrogens (tertiary/aromatic N) is 1. The van der Waals surface area contributed by atoms with Gasteiger partial charge in [-0.05, 0) is 55.7 Å². The summed E-state index contributed by atoms with van der Waals surface area (Å²) in [5, 5.41) is 0. The van der Waals surface area contributed by atoms with Crippen molar-refractivity contribution in [1.82, 2.24) is 4.90 Å². The molecule has 4 rings (SSSR count).